The molecule has 1 N–H and O–H groups in total. The van der Waals surface area contributed by atoms with Crippen LogP contribution in [-0.2, 0) is 0 Å². The van der Waals surface area contributed by atoms with E-state index >= 15 is 0 Å². The molecule has 0 bridgehead atoms. The molecule has 0 aromatic carbocycles. The topological polar surface area (TPSA) is 12.0 Å². The van der Waals surface area contributed by atoms with E-state index in [2.05, 4.69) is 30.9 Å². The molecule has 1 heterocycles. The molecule has 0 aromatic heterocycles. The molecule has 0 amide bonds. The van der Waals surface area contributed by atoms with Crippen molar-refractivity contribution < 1.29 is 0 Å². The Morgan fingerprint density at radius 3 is 3.00 bits per heavy atom. The third-order valence-corrected chi connectivity index (χ3v) is 5.06. The molecule has 1 spiro atoms. The van der Waals surface area contributed by atoms with Gasteiger partial charge in [0.1, 0.15) is 0 Å². The van der Waals surface area contributed by atoms with Gasteiger partial charge in [-0.2, -0.15) is 0 Å². The van der Waals surface area contributed by atoms with Crippen LogP contribution in [0.25, 0.3) is 0 Å². The minimum Gasteiger partial charge on any atom is -0.302 e. The van der Waals surface area contributed by atoms with Gasteiger partial charge >= 0.3 is 0 Å². The second-order valence-electron chi connectivity index (χ2n) is 4.67. The summed E-state index contributed by atoms with van der Waals surface area (Å²) >= 11 is 2.20. The maximum Gasteiger partial charge on any atom is 0.0651 e. The highest BCUT2D eigenvalue weighted by Gasteiger charge is 2.41. The zero-order chi connectivity index (χ0) is 9.31. The van der Waals surface area contributed by atoms with Crippen molar-refractivity contribution in [2.75, 3.05) is 6.54 Å². The van der Waals surface area contributed by atoms with Crippen LogP contribution in [0, 0.1) is 5.92 Å². The lowest BCUT2D eigenvalue weighted by atomic mass is 9.83. The summed E-state index contributed by atoms with van der Waals surface area (Å²) in [5, 5.41) is 4.58. The van der Waals surface area contributed by atoms with Gasteiger partial charge in [0.05, 0.1) is 4.87 Å². The van der Waals surface area contributed by atoms with Crippen molar-refractivity contribution in [1.29, 1.82) is 0 Å². The minimum absolute atomic E-state index is 0.484. The number of nitrogens with one attached hydrogen (secondary N) is 1. The molecule has 2 fully saturated rings. The highest BCUT2D eigenvalue weighted by atomic mass is 32.2. The molecule has 1 saturated heterocycles. The van der Waals surface area contributed by atoms with E-state index in [1.54, 1.807) is 0 Å². The molecule has 1 nitrogen and oxygen atoms in total. The van der Waals surface area contributed by atoms with Crippen LogP contribution in [-0.4, -0.2) is 16.7 Å². The lowest BCUT2D eigenvalue weighted by Gasteiger charge is -2.37. The highest BCUT2D eigenvalue weighted by Crippen LogP contribution is 2.46. The summed E-state index contributed by atoms with van der Waals surface area (Å²) in [7, 11) is 0. The molecule has 2 aliphatic rings. The molecule has 0 radical (unpaired) electrons. The number of thioether (sulfide) groups is 1. The molecule has 13 heavy (non-hydrogen) atoms. The Balaban J connectivity index is 1.98. The second kappa shape index (κ2) is 3.82. The number of hydrogen-bond donors (Lipinski definition) is 1. The van der Waals surface area contributed by atoms with E-state index in [0.29, 0.717) is 4.87 Å². The first-order valence-electron chi connectivity index (χ1n) is 5.67. The summed E-state index contributed by atoms with van der Waals surface area (Å²) in [5.41, 5.74) is 0. The maximum absolute atomic E-state index is 3.75. The SMILES string of the molecule is CCC1CCCC2(C1)NCC(C)S2. The van der Waals surface area contributed by atoms with Gasteiger partial charge in [0.15, 0.2) is 0 Å². The molecule has 0 aromatic rings. The molecular formula is C11H21NS. The van der Waals surface area contributed by atoms with Crippen molar-refractivity contribution >= 4 is 11.8 Å². The molecule has 1 aliphatic carbocycles. The van der Waals surface area contributed by atoms with Gasteiger partial charge in [-0.1, -0.05) is 33.1 Å². The molecule has 2 rings (SSSR count). The molecule has 3 unspecified atom stereocenters. The van der Waals surface area contributed by atoms with Gasteiger partial charge < -0.3 is 5.32 Å². The zero-order valence-corrected chi connectivity index (χ0v) is 9.62. The van der Waals surface area contributed by atoms with Gasteiger partial charge in [-0.05, 0) is 18.8 Å². The Hall–Kier alpha value is 0.310. The average molecular weight is 199 g/mol. The first-order valence-corrected chi connectivity index (χ1v) is 6.55. The number of rotatable bonds is 1. The smallest absolute Gasteiger partial charge is 0.0651 e. The summed E-state index contributed by atoms with van der Waals surface area (Å²) in [5.74, 6) is 0.985. The van der Waals surface area contributed by atoms with Crippen molar-refractivity contribution in [3.8, 4) is 0 Å². The van der Waals surface area contributed by atoms with Crippen molar-refractivity contribution in [3.63, 3.8) is 0 Å². The molecule has 76 valence electrons. The fourth-order valence-corrected chi connectivity index (χ4v) is 4.46. The monoisotopic (exact) mass is 199 g/mol. The normalized spacial score (nSPS) is 45.7. The van der Waals surface area contributed by atoms with Crippen LogP contribution < -0.4 is 5.32 Å². The van der Waals surface area contributed by atoms with Crippen LogP contribution in [0.2, 0.25) is 0 Å². The van der Waals surface area contributed by atoms with Crippen LogP contribution in [0.1, 0.15) is 46.0 Å². The Morgan fingerprint density at radius 2 is 2.38 bits per heavy atom. The van der Waals surface area contributed by atoms with E-state index in [0.717, 1.165) is 11.2 Å². The van der Waals surface area contributed by atoms with Crippen molar-refractivity contribution in [2.24, 2.45) is 5.92 Å². The van der Waals surface area contributed by atoms with E-state index in [-0.39, 0.29) is 0 Å². The minimum atomic E-state index is 0.484. The Labute approximate surface area is 86.0 Å². The molecule has 1 saturated carbocycles. The van der Waals surface area contributed by atoms with Gasteiger partial charge in [0.25, 0.3) is 0 Å². The molecular weight excluding hydrogens is 178 g/mol. The summed E-state index contributed by atoms with van der Waals surface area (Å²) in [6, 6.07) is 0. The van der Waals surface area contributed by atoms with Gasteiger partial charge in [-0.3, -0.25) is 0 Å². The van der Waals surface area contributed by atoms with E-state index in [1.165, 1.54) is 38.6 Å². The van der Waals surface area contributed by atoms with E-state index in [1.807, 2.05) is 0 Å². The Bertz CT molecular complexity index is 179. The standard InChI is InChI=1S/C11H21NS/c1-3-10-5-4-6-11(7-10)12-8-9(2)13-11/h9-10,12H,3-8H2,1-2H3. The lowest BCUT2D eigenvalue weighted by Crippen LogP contribution is -2.41. The van der Waals surface area contributed by atoms with Crippen LogP contribution in [0.15, 0.2) is 0 Å². The Kier molecular flexibility index (Phi) is 2.89. The predicted molar refractivity (Wildman–Crippen MR) is 60.0 cm³/mol. The predicted octanol–water partition coefficient (Wildman–Crippen LogP) is 3.01. The number of hydrogen-bond acceptors (Lipinski definition) is 2. The third kappa shape index (κ3) is 2.04. The summed E-state index contributed by atoms with van der Waals surface area (Å²) in [6.07, 6.45) is 7.09. The quantitative estimate of drug-likeness (QED) is 0.697. The lowest BCUT2D eigenvalue weighted by molar-refractivity contribution is 0.264. The van der Waals surface area contributed by atoms with Crippen LogP contribution in [0.3, 0.4) is 0 Å². The van der Waals surface area contributed by atoms with E-state index in [9.17, 15) is 0 Å². The largest absolute Gasteiger partial charge is 0.302 e. The van der Waals surface area contributed by atoms with Gasteiger partial charge in [0, 0.05) is 11.8 Å². The van der Waals surface area contributed by atoms with Gasteiger partial charge in [0.2, 0.25) is 0 Å². The first kappa shape index (κ1) is 9.85. The van der Waals surface area contributed by atoms with Gasteiger partial charge in [-0.25, -0.2) is 0 Å². The van der Waals surface area contributed by atoms with Crippen molar-refractivity contribution in [3.05, 3.63) is 0 Å². The molecule has 2 heteroatoms. The maximum atomic E-state index is 3.75. The van der Waals surface area contributed by atoms with Crippen LogP contribution in [0.5, 0.6) is 0 Å². The van der Waals surface area contributed by atoms with Crippen LogP contribution >= 0.6 is 11.8 Å². The third-order valence-electron chi connectivity index (χ3n) is 3.53. The van der Waals surface area contributed by atoms with Crippen LogP contribution in [0.4, 0.5) is 0 Å². The van der Waals surface area contributed by atoms with E-state index in [4.69, 9.17) is 0 Å². The average Bonchev–Trinajstić information content (AvgIpc) is 2.47. The van der Waals surface area contributed by atoms with Gasteiger partial charge in [-0.15, -0.1) is 11.8 Å². The molecule has 1 aliphatic heterocycles. The van der Waals surface area contributed by atoms with Crippen molar-refractivity contribution in [1.82, 2.24) is 5.32 Å². The fourth-order valence-electron chi connectivity index (χ4n) is 2.76. The summed E-state index contributed by atoms with van der Waals surface area (Å²) in [4.78, 5) is 0.484. The second-order valence-corrected chi connectivity index (χ2v) is 6.50. The molecule has 3 atom stereocenters. The highest BCUT2D eigenvalue weighted by molar-refractivity contribution is 8.01. The summed E-state index contributed by atoms with van der Waals surface area (Å²) < 4.78 is 0. The zero-order valence-electron chi connectivity index (χ0n) is 8.81. The van der Waals surface area contributed by atoms with E-state index < -0.39 is 0 Å². The fraction of sp³-hybridized carbons (Fsp3) is 1.00. The van der Waals surface area contributed by atoms with Crippen molar-refractivity contribution in [2.45, 2.75) is 56.1 Å². The Morgan fingerprint density at radius 1 is 1.54 bits per heavy atom. The first-order chi connectivity index (χ1) is 6.24. The summed E-state index contributed by atoms with van der Waals surface area (Å²) in [6.45, 7) is 5.91.